The predicted molar refractivity (Wildman–Crippen MR) is 79.3 cm³/mol. The van der Waals surface area contributed by atoms with Gasteiger partial charge in [-0.25, -0.2) is 9.48 Å². The van der Waals surface area contributed by atoms with Gasteiger partial charge in [0.25, 0.3) is 0 Å². The van der Waals surface area contributed by atoms with Crippen molar-refractivity contribution in [2.24, 2.45) is 0 Å². The first-order chi connectivity index (χ1) is 10.6. The third-order valence-corrected chi connectivity index (χ3v) is 3.52. The average Bonchev–Trinajstić information content (AvgIpc) is 2.88. The fraction of sp³-hybridized carbons (Fsp3) is 0.267. The SMILES string of the molecule is COCc1nc2n(n1)C(c1ccccc1)C(C(=O)O)=C(C)N2. The molecule has 0 fully saturated rings. The standard InChI is InChI=1S/C15H16N4O3/c1-9-12(14(20)21)13(10-6-4-3-5-7-10)19-15(16-9)17-11(18-19)8-22-2/h3-7,13H,8H2,1-2H3,(H,20,21)(H,16,17,18). The summed E-state index contributed by atoms with van der Waals surface area (Å²) in [6, 6.07) is 8.88. The number of allylic oxidation sites excluding steroid dienone is 1. The minimum atomic E-state index is -0.978. The first-order valence-corrected chi connectivity index (χ1v) is 6.82. The van der Waals surface area contributed by atoms with Crippen LogP contribution in [0.3, 0.4) is 0 Å². The van der Waals surface area contributed by atoms with Gasteiger partial charge in [-0.2, -0.15) is 10.1 Å². The number of anilines is 1. The Morgan fingerprint density at radius 3 is 2.77 bits per heavy atom. The van der Waals surface area contributed by atoms with E-state index in [0.717, 1.165) is 5.56 Å². The number of ether oxygens (including phenoxy) is 1. The van der Waals surface area contributed by atoms with Gasteiger partial charge in [-0.15, -0.1) is 0 Å². The highest BCUT2D eigenvalue weighted by Gasteiger charge is 2.33. The van der Waals surface area contributed by atoms with Gasteiger partial charge in [0.15, 0.2) is 5.82 Å². The Morgan fingerprint density at radius 2 is 2.14 bits per heavy atom. The van der Waals surface area contributed by atoms with E-state index in [0.29, 0.717) is 17.5 Å². The number of carbonyl (C=O) groups is 1. The fourth-order valence-electron chi connectivity index (χ4n) is 2.61. The zero-order valence-corrected chi connectivity index (χ0v) is 12.3. The minimum Gasteiger partial charge on any atom is -0.478 e. The molecule has 1 atom stereocenters. The molecule has 0 saturated carbocycles. The van der Waals surface area contributed by atoms with E-state index >= 15 is 0 Å². The number of fused-ring (bicyclic) bond motifs is 1. The van der Waals surface area contributed by atoms with Gasteiger partial charge >= 0.3 is 5.97 Å². The number of aliphatic carboxylic acids is 1. The molecule has 1 aromatic heterocycles. The molecular formula is C15H16N4O3. The Morgan fingerprint density at radius 1 is 1.41 bits per heavy atom. The van der Waals surface area contributed by atoms with Crippen LogP contribution in [0.15, 0.2) is 41.6 Å². The topological polar surface area (TPSA) is 89.3 Å². The van der Waals surface area contributed by atoms with Crippen LogP contribution in [0.2, 0.25) is 0 Å². The second-order valence-electron chi connectivity index (χ2n) is 5.01. The third-order valence-electron chi connectivity index (χ3n) is 3.52. The monoisotopic (exact) mass is 300 g/mol. The lowest BCUT2D eigenvalue weighted by molar-refractivity contribution is -0.133. The molecule has 0 spiro atoms. The van der Waals surface area contributed by atoms with Gasteiger partial charge < -0.3 is 15.2 Å². The van der Waals surface area contributed by atoms with Crippen LogP contribution in [0.25, 0.3) is 0 Å². The lowest BCUT2D eigenvalue weighted by Gasteiger charge is -2.27. The summed E-state index contributed by atoms with van der Waals surface area (Å²) in [5.41, 5.74) is 1.66. The van der Waals surface area contributed by atoms with Crippen molar-refractivity contribution >= 4 is 11.9 Å². The Labute approximate surface area is 127 Å². The summed E-state index contributed by atoms with van der Waals surface area (Å²) < 4.78 is 6.65. The lowest BCUT2D eigenvalue weighted by atomic mass is 9.96. The van der Waals surface area contributed by atoms with Crippen LogP contribution in [0.4, 0.5) is 5.95 Å². The Bertz CT molecular complexity index is 737. The highest BCUT2D eigenvalue weighted by Crippen LogP contribution is 2.34. The normalized spacial score (nSPS) is 17.1. The molecule has 2 N–H and O–H groups in total. The van der Waals surface area contributed by atoms with Crippen LogP contribution in [0.5, 0.6) is 0 Å². The Hall–Kier alpha value is -2.67. The first kappa shape index (κ1) is 14.3. The maximum absolute atomic E-state index is 11.7. The van der Waals surface area contributed by atoms with Crippen molar-refractivity contribution in [3.8, 4) is 0 Å². The largest absolute Gasteiger partial charge is 0.478 e. The van der Waals surface area contributed by atoms with E-state index in [4.69, 9.17) is 4.74 Å². The number of nitrogens with zero attached hydrogens (tertiary/aromatic N) is 3. The molecule has 1 aliphatic heterocycles. The average molecular weight is 300 g/mol. The fourth-order valence-corrected chi connectivity index (χ4v) is 2.61. The van der Waals surface area contributed by atoms with Gasteiger partial charge in [-0.05, 0) is 12.5 Å². The van der Waals surface area contributed by atoms with Crippen molar-refractivity contribution in [2.75, 3.05) is 12.4 Å². The van der Waals surface area contributed by atoms with Crippen LogP contribution in [-0.4, -0.2) is 33.0 Å². The number of carboxylic acid groups (broad SMARTS) is 1. The summed E-state index contributed by atoms with van der Waals surface area (Å²) in [7, 11) is 1.56. The molecule has 0 bridgehead atoms. The molecular weight excluding hydrogens is 284 g/mol. The highest BCUT2D eigenvalue weighted by molar-refractivity contribution is 5.90. The number of hydrogen-bond acceptors (Lipinski definition) is 5. The van der Waals surface area contributed by atoms with Crippen molar-refractivity contribution in [1.29, 1.82) is 0 Å². The Balaban J connectivity index is 2.16. The highest BCUT2D eigenvalue weighted by atomic mass is 16.5. The number of nitrogens with one attached hydrogen (secondary N) is 1. The van der Waals surface area contributed by atoms with Crippen molar-refractivity contribution in [1.82, 2.24) is 14.8 Å². The number of carboxylic acids is 1. The maximum Gasteiger partial charge on any atom is 0.335 e. The van der Waals surface area contributed by atoms with E-state index in [-0.39, 0.29) is 12.2 Å². The minimum absolute atomic E-state index is 0.257. The van der Waals surface area contributed by atoms with Crippen LogP contribution in [0.1, 0.15) is 24.4 Å². The molecule has 114 valence electrons. The van der Waals surface area contributed by atoms with Crippen LogP contribution >= 0.6 is 0 Å². The number of aromatic nitrogens is 3. The molecule has 3 rings (SSSR count). The molecule has 1 aromatic carbocycles. The number of hydrogen-bond donors (Lipinski definition) is 2. The summed E-state index contributed by atoms with van der Waals surface area (Å²) >= 11 is 0. The zero-order valence-electron chi connectivity index (χ0n) is 12.3. The third kappa shape index (κ3) is 2.35. The van der Waals surface area contributed by atoms with Crippen LogP contribution in [0, 0.1) is 0 Å². The quantitative estimate of drug-likeness (QED) is 0.895. The van der Waals surface area contributed by atoms with E-state index in [1.54, 1.807) is 18.7 Å². The smallest absolute Gasteiger partial charge is 0.335 e. The van der Waals surface area contributed by atoms with Gasteiger partial charge in [-0.3, -0.25) is 0 Å². The number of benzene rings is 1. The van der Waals surface area contributed by atoms with Crippen LogP contribution in [-0.2, 0) is 16.1 Å². The molecule has 7 nitrogen and oxygen atoms in total. The van der Waals surface area contributed by atoms with Crippen molar-refractivity contribution < 1.29 is 14.6 Å². The van der Waals surface area contributed by atoms with Crippen molar-refractivity contribution in [3.05, 3.63) is 53.0 Å². The van der Waals surface area contributed by atoms with E-state index in [1.807, 2.05) is 30.3 Å². The van der Waals surface area contributed by atoms with Gasteiger partial charge in [0.2, 0.25) is 5.95 Å². The Kier molecular flexibility index (Phi) is 3.64. The van der Waals surface area contributed by atoms with E-state index in [2.05, 4.69) is 15.4 Å². The van der Waals surface area contributed by atoms with Crippen molar-refractivity contribution in [3.63, 3.8) is 0 Å². The summed E-state index contributed by atoms with van der Waals surface area (Å²) in [6.45, 7) is 2.00. The summed E-state index contributed by atoms with van der Waals surface area (Å²) in [6.07, 6.45) is 0. The van der Waals surface area contributed by atoms with E-state index < -0.39 is 12.0 Å². The molecule has 0 amide bonds. The van der Waals surface area contributed by atoms with E-state index in [9.17, 15) is 9.90 Å². The van der Waals surface area contributed by atoms with Gasteiger partial charge in [0.1, 0.15) is 12.6 Å². The van der Waals surface area contributed by atoms with Crippen LogP contribution < -0.4 is 5.32 Å². The second-order valence-corrected chi connectivity index (χ2v) is 5.01. The second kappa shape index (κ2) is 5.61. The molecule has 0 saturated heterocycles. The summed E-state index contributed by atoms with van der Waals surface area (Å²) in [4.78, 5) is 16.1. The molecule has 2 heterocycles. The first-order valence-electron chi connectivity index (χ1n) is 6.82. The molecule has 2 aromatic rings. The summed E-state index contributed by atoms with van der Waals surface area (Å²) in [5.74, 6) is 0.0436. The molecule has 7 heteroatoms. The van der Waals surface area contributed by atoms with Gasteiger partial charge in [-0.1, -0.05) is 30.3 Å². The molecule has 0 aliphatic carbocycles. The lowest BCUT2D eigenvalue weighted by Crippen LogP contribution is -2.28. The summed E-state index contributed by atoms with van der Waals surface area (Å²) in [5, 5.41) is 17.0. The molecule has 22 heavy (non-hydrogen) atoms. The molecule has 0 radical (unpaired) electrons. The predicted octanol–water partition coefficient (Wildman–Crippen LogP) is 1.80. The van der Waals surface area contributed by atoms with Gasteiger partial charge in [0.05, 0.1) is 5.57 Å². The number of rotatable bonds is 4. The maximum atomic E-state index is 11.7. The zero-order chi connectivity index (χ0) is 15.7. The van der Waals surface area contributed by atoms with Gasteiger partial charge in [0, 0.05) is 12.8 Å². The molecule has 1 unspecified atom stereocenters. The van der Waals surface area contributed by atoms with E-state index in [1.165, 1.54) is 0 Å². The van der Waals surface area contributed by atoms with Crippen molar-refractivity contribution in [2.45, 2.75) is 19.6 Å². The molecule has 1 aliphatic rings. The number of methoxy groups -OCH3 is 1.